The molecule has 0 unspecified atom stereocenters. The molecule has 0 spiro atoms. The second-order valence-electron chi connectivity index (χ2n) is 9.26. The molecule has 1 N–H and O–H groups in total. The highest BCUT2D eigenvalue weighted by atomic mass is 32.2. The number of esters is 1. The van der Waals surface area contributed by atoms with Crippen LogP contribution >= 0.6 is 0 Å². The van der Waals surface area contributed by atoms with E-state index < -0.39 is 34.4 Å². The molecule has 1 saturated heterocycles. The van der Waals surface area contributed by atoms with Gasteiger partial charge in [0.1, 0.15) is 0 Å². The van der Waals surface area contributed by atoms with Gasteiger partial charge in [0.2, 0.25) is 15.9 Å². The Labute approximate surface area is 196 Å². The molecule has 182 valence electrons. The van der Waals surface area contributed by atoms with Gasteiger partial charge >= 0.3 is 5.97 Å². The zero-order valence-electron chi connectivity index (χ0n) is 19.7. The van der Waals surface area contributed by atoms with Crippen LogP contribution in [0, 0.1) is 32.6 Å². The number of aryl methyl sites for hydroxylation is 3. The summed E-state index contributed by atoms with van der Waals surface area (Å²) in [6.45, 7) is 5.43. The van der Waals surface area contributed by atoms with Crippen LogP contribution < -0.4 is 5.32 Å². The number of amides is 2. The van der Waals surface area contributed by atoms with E-state index in [1.807, 2.05) is 19.1 Å². The summed E-state index contributed by atoms with van der Waals surface area (Å²) in [4.78, 5) is 36.9. The minimum atomic E-state index is -3.66. The SMILES string of the molecule is Cc1cc(C)c(S(=O)(=O)N2CCC(C(=O)OCC(=O)NC(=O)C3CCCCC3)CC2)c(C)c1. The van der Waals surface area contributed by atoms with Crippen LogP contribution in [-0.2, 0) is 29.1 Å². The summed E-state index contributed by atoms with van der Waals surface area (Å²) in [5, 5.41) is 2.32. The smallest absolute Gasteiger partial charge is 0.309 e. The molecule has 8 nitrogen and oxygen atoms in total. The van der Waals surface area contributed by atoms with E-state index in [2.05, 4.69) is 5.32 Å². The van der Waals surface area contributed by atoms with Gasteiger partial charge in [0.25, 0.3) is 5.91 Å². The summed E-state index contributed by atoms with van der Waals surface area (Å²) < 4.78 is 32.9. The monoisotopic (exact) mass is 478 g/mol. The molecule has 0 atom stereocenters. The Morgan fingerprint density at radius 3 is 2.09 bits per heavy atom. The number of imide groups is 1. The van der Waals surface area contributed by atoms with E-state index in [-0.39, 0.29) is 24.9 Å². The van der Waals surface area contributed by atoms with Gasteiger partial charge in [-0.25, -0.2) is 8.42 Å². The summed E-state index contributed by atoms with van der Waals surface area (Å²) >= 11 is 0. The Hall–Kier alpha value is -2.26. The molecule has 1 aromatic rings. The molecule has 0 bridgehead atoms. The predicted molar refractivity (Wildman–Crippen MR) is 123 cm³/mol. The molecular formula is C24H34N2O6S. The topological polar surface area (TPSA) is 110 Å². The minimum Gasteiger partial charge on any atom is -0.455 e. The molecule has 1 aromatic carbocycles. The van der Waals surface area contributed by atoms with Crippen molar-refractivity contribution in [2.24, 2.45) is 11.8 Å². The van der Waals surface area contributed by atoms with E-state index >= 15 is 0 Å². The molecule has 0 aromatic heterocycles. The van der Waals surface area contributed by atoms with Gasteiger partial charge in [-0.05, 0) is 57.6 Å². The molecule has 33 heavy (non-hydrogen) atoms. The van der Waals surface area contributed by atoms with Gasteiger partial charge in [0.15, 0.2) is 6.61 Å². The Morgan fingerprint density at radius 2 is 1.52 bits per heavy atom. The highest BCUT2D eigenvalue weighted by molar-refractivity contribution is 7.89. The van der Waals surface area contributed by atoms with Gasteiger partial charge in [-0.15, -0.1) is 0 Å². The summed E-state index contributed by atoms with van der Waals surface area (Å²) in [7, 11) is -3.66. The number of nitrogens with zero attached hydrogens (tertiary/aromatic N) is 1. The normalized spacial score (nSPS) is 18.6. The molecular weight excluding hydrogens is 444 g/mol. The van der Waals surface area contributed by atoms with Crippen LogP contribution in [0.1, 0.15) is 61.6 Å². The summed E-state index contributed by atoms with van der Waals surface area (Å²) in [5.74, 6) is -2.07. The first kappa shape index (κ1) is 25.4. The zero-order chi connectivity index (χ0) is 24.2. The lowest BCUT2D eigenvalue weighted by molar-refractivity contribution is -0.154. The number of piperidine rings is 1. The van der Waals surface area contributed by atoms with E-state index in [1.165, 1.54) is 4.31 Å². The lowest BCUT2D eigenvalue weighted by Crippen LogP contribution is -2.42. The van der Waals surface area contributed by atoms with E-state index in [0.717, 1.165) is 37.7 Å². The lowest BCUT2D eigenvalue weighted by atomic mass is 9.89. The van der Waals surface area contributed by atoms with Crippen molar-refractivity contribution >= 4 is 27.8 Å². The van der Waals surface area contributed by atoms with Gasteiger partial charge in [0.05, 0.1) is 10.8 Å². The Bertz CT molecular complexity index is 983. The van der Waals surface area contributed by atoms with Crippen molar-refractivity contribution in [3.8, 4) is 0 Å². The molecule has 1 aliphatic carbocycles. The number of sulfonamides is 1. The Balaban J connectivity index is 1.49. The maximum Gasteiger partial charge on any atom is 0.309 e. The van der Waals surface area contributed by atoms with Crippen molar-refractivity contribution in [2.45, 2.75) is 70.6 Å². The first-order chi connectivity index (χ1) is 15.6. The van der Waals surface area contributed by atoms with Gasteiger partial charge in [-0.3, -0.25) is 19.7 Å². The number of rotatable bonds is 6. The van der Waals surface area contributed by atoms with E-state index in [1.54, 1.807) is 13.8 Å². The van der Waals surface area contributed by atoms with Crippen molar-refractivity contribution in [1.82, 2.24) is 9.62 Å². The molecule has 0 radical (unpaired) electrons. The van der Waals surface area contributed by atoms with Gasteiger partial charge < -0.3 is 4.74 Å². The molecule has 2 amide bonds. The van der Waals surface area contributed by atoms with Crippen LogP contribution in [0.4, 0.5) is 0 Å². The number of hydrogen-bond donors (Lipinski definition) is 1. The number of hydrogen-bond acceptors (Lipinski definition) is 6. The fourth-order valence-electron chi connectivity index (χ4n) is 4.93. The van der Waals surface area contributed by atoms with Crippen LogP contribution in [0.3, 0.4) is 0 Å². The highest BCUT2D eigenvalue weighted by Crippen LogP contribution is 2.29. The number of carbonyl (C=O) groups is 3. The first-order valence-corrected chi connectivity index (χ1v) is 13.1. The summed E-state index contributed by atoms with van der Waals surface area (Å²) in [5.41, 5.74) is 2.43. The molecule has 9 heteroatoms. The Kier molecular flexibility index (Phi) is 8.28. The largest absolute Gasteiger partial charge is 0.455 e. The second-order valence-corrected chi connectivity index (χ2v) is 11.1. The van der Waals surface area contributed by atoms with Crippen LogP contribution in [0.25, 0.3) is 0 Å². The Morgan fingerprint density at radius 1 is 0.939 bits per heavy atom. The van der Waals surface area contributed by atoms with Crippen LogP contribution in [0.15, 0.2) is 17.0 Å². The highest BCUT2D eigenvalue weighted by Gasteiger charge is 2.34. The van der Waals surface area contributed by atoms with Gasteiger partial charge in [0, 0.05) is 19.0 Å². The van der Waals surface area contributed by atoms with E-state index in [4.69, 9.17) is 4.74 Å². The van der Waals surface area contributed by atoms with Gasteiger partial charge in [-0.1, -0.05) is 37.0 Å². The molecule has 3 rings (SSSR count). The van der Waals surface area contributed by atoms with Crippen LogP contribution in [-0.4, -0.2) is 50.2 Å². The molecule has 2 aliphatic rings. The summed E-state index contributed by atoms with van der Waals surface area (Å²) in [6, 6.07) is 3.71. The fraction of sp³-hybridized carbons (Fsp3) is 0.625. The van der Waals surface area contributed by atoms with Crippen molar-refractivity contribution < 1.29 is 27.5 Å². The van der Waals surface area contributed by atoms with Crippen LogP contribution in [0.5, 0.6) is 0 Å². The quantitative estimate of drug-likeness (QED) is 0.630. The van der Waals surface area contributed by atoms with Crippen molar-refractivity contribution in [3.63, 3.8) is 0 Å². The third-order valence-electron chi connectivity index (χ3n) is 6.57. The first-order valence-electron chi connectivity index (χ1n) is 11.7. The standard InChI is InChI=1S/C24H34N2O6S/c1-16-13-17(2)22(18(3)14-16)33(30,31)26-11-9-20(10-12-26)24(29)32-15-21(27)25-23(28)19-7-5-4-6-8-19/h13-14,19-20H,4-12,15H2,1-3H3,(H,25,27,28). The number of carbonyl (C=O) groups excluding carboxylic acids is 3. The maximum absolute atomic E-state index is 13.2. The minimum absolute atomic E-state index is 0.148. The fourth-order valence-corrected chi connectivity index (χ4v) is 6.81. The van der Waals surface area contributed by atoms with Crippen molar-refractivity contribution in [2.75, 3.05) is 19.7 Å². The van der Waals surface area contributed by atoms with E-state index in [9.17, 15) is 22.8 Å². The average Bonchev–Trinajstić information content (AvgIpc) is 2.77. The second kappa shape index (κ2) is 10.8. The maximum atomic E-state index is 13.2. The number of benzene rings is 1. The number of ether oxygens (including phenoxy) is 1. The van der Waals surface area contributed by atoms with E-state index in [0.29, 0.717) is 28.9 Å². The van der Waals surface area contributed by atoms with Gasteiger partial charge in [-0.2, -0.15) is 4.31 Å². The molecule has 2 fully saturated rings. The third-order valence-corrected chi connectivity index (χ3v) is 8.78. The average molecular weight is 479 g/mol. The van der Waals surface area contributed by atoms with Crippen LogP contribution in [0.2, 0.25) is 0 Å². The zero-order valence-corrected chi connectivity index (χ0v) is 20.5. The van der Waals surface area contributed by atoms with Crippen molar-refractivity contribution in [3.05, 3.63) is 28.8 Å². The number of nitrogens with one attached hydrogen (secondary N) is 1. The summed E-state index contributed by atoms with van der Waals surface area (Å²) in [6.07, 6.45) is 5.29. The predicted octanol–water partition coefficient (Wildman–Crippen LogP) is 2.78. The molecule has 1 aliphatic heterocycles. The molecule has 1 saturated carbocycles. The lowest BCUT2D eigenvalue weighted by Gasteiger charge is -2.31. The van der Waals surface area contributed by atoms with Crippen molar-refractivity contribution in [1.29, 1.82) is 0 Å². The third kappa shape index (κ3) is 6.20. The molecule has 1 heterocycles.